The highest BCUT2D eigenvalue weighted by atomic mass is 35.5. The van der Waals surface area contributed by atoms with E-state index < -0.39 is 0 Å². The van der Waals surface area contributed by atoms with Crippen molar-refractivity contribution in [2.24, 2.45) is 5.92 Å². The molecule has 2 fully saturated rings. The molecule has 1 saturated carbocycles. The summed E-state index contributed by atoms with van der Waals surface area (Å²) in [5, 5.41) is 9.10. The van der Waals surface area contributed by atoms with Crippen molar-refractivity contribution in [3.8, 4) is 0 Å². The third-order valence-electron chi connectivity index (χ3n) is 4.97. The van der Waals surface area contributed by atoms with E-state index in [0.29, 0.717) is 12.0 Å². The molecule has 0 radical (unpaired) electrons. The van der Waals surface area contributed by atoms with E-state index in [1.165, 1.54) is 16.3 Å². The average Bonchev–Trinajstić information content (AvgIpc) is 3.36. The maximum Gasteiger partial charge on any atom is 0.224 e. The third-order valence-corrected chi connectivity index (χ3v) is 4.97. The molecule has 0 bridgehead atoms. The molecule has 3 atom stereocenters. The normalized spacial score (nSPS) is 26.3. The molecule has 2 aromatic rings. The number of halogens is 1. The fourth-order valence-corrected chi connectivity index (χ4v) is 3.57. The molecule has 3 nitrogen and oxygen atoms in total. The molecule has 3 unspecified atom stereocenters. The van der Waals surface area contributed by atoms with E-state index in [9.17, 15) is 4.79 Å². The highest BCUT2D eigenvalue weighted by Gasteiger charge is 2.44. The van der Waals surface area contributed by atoms with Crippen LogP contribution in [0.5, 0.6) is 0 Å². The Kier molecular flexibility index (Phi) is 4.88. The minimum absolute atomic E-state index is 0. The van der Waals surface area contributed by atoms with E-state index in [0.717, 1.165) is 32.4 Å². The Labute approximate surface area is 143 Å². The number of hydrogen-bond acceptors (Lipinski definition) is 2. The molecule has 1 aliphatic heterocycles. The van der Waals surface area contributed by atoms with Crippen molar-refractivity contribution >= 4 is 29.1 Å². The predicted octanol–water partition coefficient (Wildman–Crippen LogP) is 3.23. The van der Waals surface area contributed by atoms with Crippen molar-refractivity contribution in [3.63, 3.8) is 0 Å². The summed E-state index contributed by atoms with van der Waals surface area (Å²) in [4.78, 5) is 12.4. The molecule has 4 rings (SSSR count). The molecule has 2 aliphatic rings. The van der Waals surface area contributed by atoms with E-state index >= 15 is 0 Å². The van der Waals surface area contributed by atoms with Crippen LogP contribution in [-0.4, -0.2) is 25.0 Å². The first kappa shape index (κ1) is 16.3. The zero-order valence-electron chi connectivity index (χ0n) is 13.1. The first-order valence-electron chi connectivity index (χ1n) is 8.31. The molecule has 122 valence electrons. The highest BCUT2D eigenvalue weighted by Crippen LogP contribution is 2.48. The van der Waals surface area contributed by atoms with Crippen molar-refractivity contribution in [3.05, 3.63) is 48.0 Å². The standard InChI is InChI=1S/C19H22N2O.ClH/c22-19(21-16-6-3-9-20-12-16)18-11-17(18)15-8-7-13-4-1-2-5-14(13)10-15;/h1-2,4-5,7-8,10,16-18,20H,3,6,9,11-12H2,(H,21,22);1H. The Morgan fingerprint density at radius 2 is 1.96 bits per heavy atom. The van der Waals surface area contributed by atoms with E-state index in [1.807, 2.05) is 0 Å². The second-order valence-electron chi connectivity index (χ2n) is 6.61. The number of carbonyl (C=O) groups is 1. The summed E-state index contributed by atoms with van der Waals surface area (Å²) in [5.41, 5.74) is 1.31. The number of amides is 1. The number of hydrogen-bond donors (Lipinski definition) is 2. The van der Waals surface area contributed by atoms with Crippen LogP contribution in [0.1, 0.15) is 30.7 Å². The van der Waals surface area contributed by atoms with Gasteiger partial charge in [-0.15, -0.1) is 12.4 Å². The molecular formula is C19H23ClN2O. The van der Waals surface area contributed by atoms with Gasteiger partial charge in [-0.3, -0.25) is 4.79 Å². The first-order valence-corrected chi connectivity index (χ1v) is 8.31. The highest BCUT2D eigenvalue weighted by molar-refractivity contribution is 5.86. The fraction of sp³-hybridized carbons (Fsp3) is 0.421. The van der Waals surface area contributed by atoms with Crippen LogP contribution < -0.4 is 10.6 Å². The Morgan fingerprint density at radius 3 is 2.74 bits per heavy atom. The summed E-state index contributed by atoms with van der Waals surface area (Å²) >= 11 is 0. The molecule has 0 aromatic heterocycles. The van der Waals surface area contributed by atoms with Crippen molar-refractivity contribution in [1.29, 1.82) is 0 Å². The van der Waals surface area contributed by atoms with Crippen LogP contribution in [-0.2, 0) is 4.79 Å². The predicted molar refractivity (Wildman–Crippen MR) is 96.1 cm³/mol. The minimum atomic E-state index is 0. The van der Waals surface area contributed by atoms with Gasteiger partial charge in [-0.25, -0.2) is 0 Å². The van der Waals surface area contributed by atoms with Crippen LogP contribution in [0.15, 0.2) is 42.5 Å². The van der Waals surface area contributed by atoms with Gasteiger partial charge in [-0.1, -0.05) is 42.5 Å². The van der Waals surface area contributed by atoms with Gasteiger partial charge in [0.2, 0.25) is 5.91 Å². The quantitative estimate of drug-likeness (QED) is 0.907. The van der Waals surface area contributed by atoms with Crippen LogP contribution in [0.4, 0.5) is 0 Å². The van der Waals surface area contributed by atoms with E-state index in [4.69, 9.17) is 0 Å². The lowest BCUT2D eigenvalue weighted by Crippen LogP contribution is -2.46. The van der Waals surface area contributed by atoms with Crippen molar-refractivity contribution in [2.75, 3.05) is 13.1 Å². The molecule has 4 heteroatoms. The summed E-state index contributed by atoms with van der Waals surface area (Å²) in [7, 11) is 0. The molecule has 0 spiro atoms. The van der Waals surface area contributed by atoms with Gasteiger partial charge in [0.25, 0.3) is 0 Å². The first-order chi connectivity index (χ1) is 10.8. The Bertz CT molecular complexity index is 697. The second-order valence-corrected chi connectivity index (χ2v) is 6.61. The van der Waals surface area contributed by atoms with Crippen LogP contribution in [0.3, 0.4) is 0 Å². The van der Waals surface area contributed by atoms with E-state index in [1.54, 1.807) is 0 Å². The van der Waals surface area contributed by atoms with Crippen molar-refractivity contribution in [1.82, 2.24) is 10.6 Å². The SMILES string of the molecule is Cl.O=C(NC1CCCNC1)C1CC1c1ccc2ccccc2c1. The van der Waals surface area contributed by atoms with Crippen LogP contribution in [0, 0.1) is 5.92 Å². The average molecular weight is 331 g/mol. The topological polar surface area (TPSA) is 41.1 Å². The van der Waals surface area contributed by atoms with Gasteiger partial charge in [0.05, 0.1) is 0 Å². The second kappa shape index (κ2) is 6.90. The lowest BCUT2D eigenvalue weighted by molar-refractivity contribution is -0.123. The number of rotatable bonds is 3. The number of piperidine rings is 1. The number of carbonyl (C=O) groups excluding carboxylic acids is 1. The molecule has 2 N–H and O–H groups in total. The van der Waals surface area contributed by atoms with Crippen molar-refractivity contribution in [2.45, 2.75) is 31.2 Å². The fourth-order valence-electron chi connectivity index (χ4n) is 3.57. The van der Waals surface area contributed by atoms with Gasteiger partial charge in [0.15, 0.2) is 0 Å². The Hall–Kier alpha value is -1.58. The molecule has 1 amide bonds. The maximum absolute atomic E-state index is 12.4. The lowest BCUT2D eigenvalue weighted by Gasteiger charge is -2.23. The Morgan fingerprint density at radius 1 is 1.13 bits per heavy atom. The molecule has 2 aromatic carbocycles. The molecule has 1 saturated heterocycles. The van der Waals surface area contributed by atoms with Gasteiger partial charge in [0.1, 0.15) is 0 Å². The summed E-state index contributed by atoms with van der Waals surface area (Å²) in [5.74, 6) is 0.816. The molecule has 1 aliphatic carbocycles. The molecule has 1 heterocycles. The van der Waals surface area contributed by atoms with E-state index in [-0.39, 0.29) is 24.2 Å². The molecule has 23 heavy (non-hydrogen) atoms. The van der Waals surface area contributed by atoms with Crippen molar-refractivity contribution < 1.29 is 4.79 Å². The summed E-state index contributed by atoms with van der Waals surface area (Å²) < 4.78 is 0. The van der Waals surface area contributed by atoms with Crippen LogP contribution in [0.2, 0.25) is 0 Å². The van der Waals surface area contributed by atoms with E-state index in [2.05, 4.69) is 53.1 Å². The number of benzene rings is 2. The maximum atomic E-state index is 12.4. The van der Waals surface area contributed by atoms with Gasteiger partial charge in [-0.05, 0) is 48.1 Å². The zero-order valence-corrected chi connectivity index (χ0v) is 13.9. The van der Waals surface area contributed by atoms with Crippen LogP contribution >= 0.6 is 12.4 Å². The number of fused-ring (bicyclic) bond motifs is 1. The lowest BCUT2D eigenvalue weighted by atomic mass is 10.0. The summed E-state index contributed by atoms with van der Waals surface area (Å²) in [6, 6.07) is 15.3. The van der Waals surface area contributed by atoms with Crippen LogP contribution in [0.25, 0.3) is 10.8 Å². The summed E-state index contributed by atoms with van der Waals surface area (Å²) in [6.07, 6.45) is 3.25. The van der Waals surface area contributed by atoms with Gasteiger partial charge in [0, 0.05) is 18.5 Å². The largest absolute Gasteiger partial charge is 0.352 e. The summed E-state index contributed by atoms with van der Waals surface area (Å²) in [6.45, 7) is 1.99. The monoisotopic (exact) mass is 330 g/mol. The molecular weight excluding hydrogens is 308 g/mol. The van der Waals surface area contributed by atoms with Gasteiger partial charge in [-0.2, -0.15) is 0 Å². The third kappa shape index (κ3) is 3.51. The smallest absolute Gasteiger partial charge is 0.224 e. The zero-order chi connectivity index (χ0) is 14.9. The minimum Gasteiger partial charge on any atom is -0.352 e. The Balaban J connectivity index is 0.00000156. The number of nitrogens with one attached hydrogen (secondary N) is 2. The van der Waals surface area contributed by atoms with Gasteiger partial charge >= 0.3 is 0 Å². The van der Waals surface area contributed by atoms with Gasteiger partial charge < -0.3 is 10.6 Å².